The van der Waals surface area contributed by atoms with Crippen molar-refractivity contribution in [3.8, 4) is 5.75 Å². The van der Waals surface area contributed by atoms with Crippen molar-refractivity contribution in [3.63, 3.8) is 0 Å². The Labute approximate surface area is 124 Å². The average molecular weight is 281 g/mol. The third-order valence-electron chi connectivity index (χ3n) is 3.57. The molecule has 21 heavy (non-hydrogen) atoms. The summed E-state index contributed by atoms with van der Waals surface area (Å²) in [5, 5.41) is 3.31. The van der Waals surface area contributed by atoms with E-state index in [9.17, 15) is 4.79 Å². The minimum absolute atomic E-state index is 0.0148. The number of ether oxygens (including phenoxy) is 1. The second kappa shape index (κ2) is 5.60. The quantitative estimate of drug-likeness (QED) is 0.869. The molecule has 108 valence electrons. The summed E-state index contributed by atoms with van der Waals surface area (Å²) in [6.07, 6.45) is 1.02. The number of fused-ring (bicyclic) bond motifs is 1. The highest BCUT2D eigenvalue weighted by Gasteiger charge is 2.18. The molecule has 0 atom stereocenters. The molecule has 3 heteroatoms. The lowest BCUT2D eigenvalue weighted by Gasteiger charge is -2.13. The Hall–Kier alpha value is -2.29. The fourth-order valence-corrected chi connectivity index (χ4v) is 2.61. The smallest absolute Gasteiger partial charge is 0.196 e. The second-order valence-electron chi connectivity index (χ2n) is 5.54. The van der Waals surface area contributed by atoms with Crippen molar-refractivity contribution >= 4 is 11.5 Å². The number of hydrogen-bond acceptors (Lipinski definition) is 3. The van der Waals surface area contributed by atoms with E-state index < -0.39 is 0 Å². The maximum absolute atomic E-state index is 12.7. The van der Waals surface area contributed by atoms with Crippen LogP contribution in [0.15, 0.2) is 42.5 Å². The Kier molecular flexibility index (Phi) is 3.65. The van der Waals surface area contributed by atoms with Crippen molar-refractivity contribution in [2.24, 2.45) is 0 Å². The number of carbonyl (C=O) groups is 1. The summed E-state index contributed by atoms with van der Waals surface area (Å²) >= 11 is 0. The zero-order valence-corrected chi connectivity index (χ0v) is 12.3. The number of rotatable bonds is 4. The van der Waals surface area contributed by atoms with Crippen molar-refractivity contribution in [2.45, 2.75) is 26.4 Å². The predicted molar refractivity (Wildman–Crippen MR) is 84.3 cm³/mol. The van der Waals surface area contributed by atoms with Crippen LogP contribution in [0.2, 0.25) is 0 Å². The number of carbonyl (C=O) groups excluding carboxylic acids is 1. The van der Waals surface area contributed by atoms with E-state index in [1.54, 1.807) is 0 Å². The zero-order valence-electron chi connectivity index (χ0n) is 12.3. The Morgan fingerprint density at radius 2 is 2.00 bits per heavy atom. The van der Waals surface area contributed by atoms with Crippen LogP contribution in [0.3, 0.4) is 0 Å². The third-order valence-corrected chi connectivity index (χ3v) is 3.57. The number of nitrogens with one attached hydrogen (secondary N) is 1. The van der Waals surface area contributed by atoms with Gasteiger partial charge < -0.3 is 10.1 Å². The molecule has 1 aliphatic heterocycles. The summed E-state index contributed by atoms with van der Waals surface area (Å²) in [6, 6.07) is 13.3. The Balaban J connectivity index is 1.95. The molecule has 0 aromatic heterocycles. The van der Waals surface area contributed by atoms with Crippen molar-refractivity contribution in [2.75, 3.05) is 11.9 Å². The first-order valence-corrected chi connectivity index (χ1v) is 7.32. The lowest BCUT2D eigenvalue weighted by atomic mass is 9.99. The molecule has 0 radical (unpaired) electrons. The Morgan fingerprint density at radius 1 is 1.19 bits per heavy atom. The van der Waals surface area contributed by atoms with Gasteiger partial charge in [-0.1, -0.05) is 12.1 Å². The Bertz CT molecular complexity index is 677. The standard InChI is InChI=1S/C18H19NO2/c1-12(2)21-17-6-4-3-5-15(17)18(20)14-7-8-16-13(11-14)9-10-19-16/h3-8,11-12,19H,9-10H2,1-2H3. The predicted octanol–water partition coefficient (Wildman–Crippen LogP) is 3.67. The summed E-state index contributed by atoms with van der Waals surface area (Å²) in [4.78, 5) is 12.7. The van der Waals surface area contributed by atoms with Crippen LogP contribution in [-0.4, -0.2) is 18.4 Å². The molecule has 2 aromatic carbocycles. The van der Waals surface area contributed by atoms with Gasteiger partial charge in [0.1, 0.15) is 5.75 Å². The third kappa shape index (κ3) is 2.77. The average Bonchev–Trinajstić information content (AvgIpc) is 2.94. The van der Waals surface area contributed by atoms with Crippen LogP contribution in [0, 0.1) is 0 Å². The minimum atomic E-state index is 0.0148. The summed E-state index contributed by atoms with van der Waals surface area (Å²) in [5.74, 6) is 0.664. The first-order valence-electron chi connectivity index (χ1n) is 7.32. The van der Waals surface area contributed by atoms with E-state index >= 15 is 0 Å². The molecule has 1 N–H and O–H groups in total. The van der Waals surface area contributed by atoms with Gasteiger partial charge in [-0.05, 0) is 56.2 Å². The molecule has 3 nitrogen and oxygen atoms in total. The van der Waals surface area contributed by atoms with E-state index in [1.807, 2.05) is 56.3 Å². The molecule has 0 saturated heterocycles. The molecule has 3 rings (SSSR count). The maximum Gasteiger partial charge on any atom is 0.196 e. The molecular formula is C18H19NO2. The number of anilines is 1. The van der Waals surface area contributed by atoms with Gasteiger partial charge >= 0.3 is 0 Å². The topological polar surface area (TPSA) is 38.3 Å². The molecular weight excluding hydrogens is 262 g/mol. The molecule has 2 aromatic rings. The van der Waals surface area contributed by atoms with Crippen LogP contribution in [0.4, 0.5) is 5.69 Å². The fraction of sp³-hybridized carbons (Fsp3) is 0.278. The van der Waals surface area contributed by atoms with Gasteiger partial charge in [-0.25, -0.2) is 0 Å². The SMILES string of the molecule is CC(C)Oc1ccccc1C(=O)c1ccc2c(c1)CCN2. The molecule has 1 heterocycles. The van der Waals surface area contributed by atoms with E-state index in [0.717, 1.165) is 24.2 Å². The number of ketones is 1. The second-order valence-corrected chi connectivity index (χ2v) is 5.54. The molecule has 0 aliphatic carbocycles. The van der Waals surface area contributed by atoms with Crippen LogP contribution in [-0.2, 0) is 6.42 Å². The van der Waals surface area contributed by atoms with E-state index in [-0.39, 0.29) is 11.9 Å². The highest BCUT2D eigenvalue weighted by molar-refractivity contribution is 6.11. The van der Waals surface area contributed by atoms with Crippen molar-refractivity contribution < 1.29 is 9.53 Å². The van der Waals surface area contributed by atoms with E-state index in [0.29, 0.717) is 11.3 Å². The van der Waals surface area contributed by atoms with E-state index in [4.69, 9.17) is 4.74 Å². The molecule has 1 aliphatic rings. The number of benzene rings is 2. The summed E-state index contributed by atoms with van der Waals surface area (Å²) in [7, 11) is 0. The highest BCUT2D eigenvalue weighted by Crippen LogP contribution is 2.27. The van der Waals surface area contributed by atoms with Crippen LogP contribution >= 0.6 is 0 Å². The van der Waals surface area contributed by atoms with Crippen molar-refractivity contribution in [1.82, 2.24) is 0 Å². The fourth-order valence-electron chi connectivity index (χ4n) is 2.61. The van der Waals surface area contributed by atoms with Crippen molar-refractivity contribution in [1.29, 1.82) is 0 Å². The van der Waals surface area contributed by atoms with Gasteiger partial charge in [0.05, 0.1) is 11.7 Å². The minimum Gasteiger partial charge on any atom is -0.490 e. The first kappa shape index (κ1) is 13.7. The normalized spacial score (nSPS) is 12.9. The first-order chi connectivity index (χ1) is 10.1. The lowest BCUT2D eigenvalue weighted by Crippen LogP contribution is -2.10. The molecule has 0 bridgehead atoms. The number of para-hydroxylation sites is 1. The molecule has 0 saturated carbocycles. The summed E-state index contributed by atoms with van der Waals surface area (Å²) in [6.45, 7) is 4.87. The van der Waals surface area contributed by atoms with Crippen LogP contribution in [0.25, 0.3) is 0 Å². The van der Waals surface area contributed by atoms with E-state index in [1.165, 1.54) is 5.56 Å². The van der Waals surface area contributed by atoms with Gasteiger partial charge in [0, 0.05) is 17.8 Å². The lowest BCUT2D eigenvalue weighted by molar-refractivity contribution is 0.103. The molecule has 0 spiro atoms. The zero-order chi connectivity index (χ0) is 14.8. The van der Waals surface area contributed by atoms with Gasteiger partial charge in [0.15, 0.2) is 5.78 Å². The highest BCUT2D eigenvalue weighted by atomic mass is 16.5. The maximum atomic E-state index is 12.7. The molecule has 0 fully saturated rings. The van der Waals surface area contributed by atoms with Crippen LogP contribution < -0.4 is 10.1 Å². The monoisotopic (exact) mass is 281 g/mol. The Morgan fingerprint density at radius 3 is 2.81 bits per heavy atom. The van der Waals surface area contributed by atoms with Gasteiger partial charge in [0.2, 0.25) is 0 Å². The van der Waals surface area contributed by atoms with Gasteiger partial charge in [-0.3, -0.25) is 4.79 Å². The largest absolute Gasteiger partial charge is 0.490 e. The number of hydrogen-bond donors (Lipinski definition) is 1. The molecule has 0 unspecified atom stereocenters. The van der Waals surface area contributed by atoms with Gasteiger partial charge in [0.25, 0.3) is 0 Å². The van der Waals surface area contributed by atoms with E-state index in [2.05, 4.69) is 5.32 Å². The summed E-state index contributed by atoms with van der Waals surface area (Å²) in [5.41, 5.74) is 3.69. The van der Waals surface area contributed by atoms with Gasteiger partial charge in [-0.15, -0.1) is 0 Å². The van der Waals surface area contributed by atoms with Crippen LogP contribution in [0.1, 0.15) is 35.3 Å². The van der Waals surface area contributed by atoms with Gasteiger partial charge in [-0.2, -0.15) is 0 Å². The van der Waals surface area contributed by atoms with Crippen LogP contribution in [0.5, 0.6) is 5.75 Å². The molecule has 0 amide bonds. The summed E-state index contributed by atoms with van der Waals surface area (Å²) < 4.78 is 5.75. The van der Waals surface area contributed by atoms with Crippen molar-refractivity contribution in [3.05, 3.63) is 59.2 Å².